The maximum Gasteiger partial charge on any atom is 0.323 e. The van der Waals surface area contributed by atoms with Crippen LogP contribution in [0.4, 0.5) is 11.9 Å². The van der Waals surface area contributed by atoms with E-state index in [1.807, 2.05) is 13.8 Å². The van der Waals surface area contributed by atoms with Gasteiger partial charge >= 0.3 is 6.01 Å². The van der Waals surface area contributed by atoms with Gasteiger partial charge in [0.05, 0.1) is 6.10 Å². The van der Waals surface area contributed by atoms with Gasteiger partial charge in [-0.05, 0) is 33.9 Å². The molecule has 1 atom stereocenters. The van der Waals surface area contributed by atoms with Crippen molar-refractivity contribution in [1.29, 1.82) is 0 Å². The number of nitrogens with one attached hydrogen (secondary N) is 2. The first-order chi connectivity index (χ1) is 9.98. The number of hydrazine groups is 1. The van der Waals surface area contributed by atoms with E-state index in [9.17, 15) is 0 Å². The minimum Gasteiger partial charge on any atom is -0.461 e. The first kappa shape index (κ1) is 17.4. The number of hydrogen-bond donors (Lipinski definition) is 3. The summed E-state index contributed by atoms with van der Waals surface area (Å²) in [5, 5.41) is 3.25. The van der Waals surface area contributed by atoms with Gasteiger partial charge in [-0.3, -0.25) is 5.43 Å². The van der Waals surface area contributed by atoms with Gasteiger partial charge in [0.15, 0.2) is 0 Å². The van der Waals surface area contributed by atoms with Gasteiger partial charge in [-0.1, -0.05) is 13.8 Å². The number of nitrogen functional groups attached to an aromatic ring is 1. The smallest absolute Gasteiger partial charge is 0.323 e. The Hall–Kier alpha value is -1.67. The van der Waals surface area contributed by atoms with E-state index in [4.69, 9.17) is 10.6 Å². The van der Waals surface area contributed by atoms with Gasteiger partial charge in [-0.15, -0.1) is 0 Å². The molecule has 0 aliphatic rings. The zero-order valence-electron chi connectivity index (χ0n) is 13.6. The van der Waals surface area contributed by atoms with Crippen molar-refractivity contribution >= 4 is 11.9 Å². The van der Waals surface area contributed by atoms with Crippen molar-refractivity contribution in [2.75, 3.05) is 30.4 Å². The van der Waals surface area contributed by atoms with Gasteiger partial charge in [0.25, 0.3) is 0 Å². The van der Waals surface area contributed by atoms with E-state index in [0.29, 0.717) is 5.95 Å². The highest BCUT2D eigenvalue weighted by Gasteiger charge is 2.12. The van der Waals surface area contributed by atoms with E-state index >= 15 is 0 Å². The Labute approximate surface area is 126 Å². The number of ether oxygens (including phenoxy) is 1. The summed E-state index contributed by atoms with van der Waals surface area (Å²) >= 11 is 0. The van der Waals surface area contributed by atoms with Gasteiger partial charge < -0.3 is 15.0 Å². The normalized spacial score (nSPS) is 12.6. The Morgan fingerprint density at radius 1 is 1.10 bits per heavy atom. The summed E-state index contributed by atoms with van der Waals surface area (Å²) in [6, 6.07) is 0.454. The second-order valence-corrected chi connectivity index (χ2v) is 5.11. The summed E-state index contributed by atoms with van der Waals surface area (Å²) in [5.74, 6) is 6.11. The average molecular weight is 297 g/mol. The maximum absolute atomic E-state index is 5.49. The maximum atomic E-state index is 5.49. The van der Waals surface area contributed by atoms with Crippen molar-refractivity contribution in [3.05, 3.63) is 0 Å². The van der Waals surface area contributed by atoms with Crippen LogP contribution in [0.5, 0.6) is 6.01 Å². The minimum atomic E-state index is -0.0148. The average Bonchev–Trinajstić information content (AvgIpc) is 2.43. The fourth-order valence-electron chi connectivity index (χ4n) is 1.88. The van der Waals surface area contributed by atoms with Crippen molar-refractivity contribution in [1.82, 2.24) is 19.9 Å². The van der Waals surface area contributed by atoms with Gasteiger partial charge in [0.2, 0.25) is 11.9 Å². The summed E-state index contributed by atoms with van der Waals surface area (Å²) in [7, 11) is 0. The molecule has 1 aromatic heterocycles. The van der Waals surface area contributed by atoms with E-state index in [-0.39, 0.29) is 24.1 Å². The lowest BCUT2D eigenvalue weighted by Gasteiger charge is -2.23. The number of aromatic nitrogens is 3. The quantitative estimate of drug-likeness (QED) is 0.460. The third kappa shape index (κ3) is 6.09. The fourth-order valence-corrected chi connectivity index (χ4v) is 1.88. The highest BCUT2D eigenvalue weighted by atomic mass is 16.5. The molecule has 1 unspecified atom stereocenters. The van der Waals surface area contributed by atoms with Crippen molar-refractivity contribution in [3.8, 4) is 6.01 Å². The number of anilines is 2. The number of rotatable bonds is 9. The zero-order chi connectivity index (χ0) is 15.8. The molecule has 1 aromatic rings. The Morgan fingerprint density at radius 2 is 1.71 bits per heavy atom. The highest BCUT2D eigenvalue weighted by molar-refractivity contribution is 5.35. The van der Waals surface area contributed by atoms with E-state index in [2.05, 4.69) is 51.4 Å². The number of nitrogens with two attached hydrogens (primary N) is 1. The first-order valence-electron chi connectivity index (χ1n) is 7.36. The molecule has 8 nitrogen and oxygen atoms in total. The van der Waals surface area contributed by atoms with E-state index in [1.54, 1.807) is 0 Å². The molecule has 0 bridgehead atoms. The number of nitrogens with zero attached hydrogens (tertiary/aromatic N) is 4. The molecule has 0 saturated carbocycles. The standard InChI is InChI=1S/C13H27N7O/c1-6-20(7-2)8-10(5)15-11-16-12(19-14)18-13(17-11)21-9(3)4/h9-10H,6-8,14H2,1-5H3,(H2,15,16,17,18,19). The fraction of sp³-hybridized carbons (Fsp3) is 0.769. The van der Waals surface area contributed by atoms with Crippen LogP contribution in [0.1, 0.15) is 34.6 Å². The van der Waals surface area contributed by atoms with Crippen LogP contribution in [-0.4, -0.2) is 51.6 Å². The molecular weight excluding hydrogens is 270 g/mol. The molecule has 0 saturated heterocycles. The van der Waals surface area contributed by atoms with Crippen LogP contribution >= 0.6 is 0 Å². The second-order valence-electron chi connectivity index (χ2n) is 5.11. The van der Waals surface area contributed by atoms with Crippen molar-refractivity contribution in [2.24, 2.45) is 5.84 Å². The summed E-state index contributed by atoms with van der Waals surface area (Å²) in [4.78, 5) is 14.8. The zero-order valence-corrected chi connectivity index (χ0v) is 13.6. The summed E-state index contributed by atoms with van der Waals surface area (Å²) in [5.41, 5.74) is 2.42. The molecule has 120 valence electrons. The molecule has 0 spiro atoms. The Bertz CT molecular complexity index is 423. The van der Waals surface area contributed by atoms with Crippen LogP contribution < -0.4 is 21.3 Å². The molecule has 8 heteroatoms. The van der Waals surface area contributed by atoms with Crippen molar-refractivity contribution in [2.45, 2.75) is 46.8 Å². The lowest BCUT2D eigenvalue weighted by atomic mass is 10.3. The second kappa shape index (κ2) is 8.58. The summed E-state index contributed by atoms with van der Waals surface area (Å²) < 4.78 is 5.49. The Kier molecular flexibility index (Phi) is 7.10. The topological polar surface area (TPSA) is 101 Å². The SMILES string of the molecule is CCN(CC)CC(C)Nc1nc(NN)nc(OC(C)C)n1. The molecule has 4 N–H and O–H groups in total. The van der Waals surface area contributed by atoms with Gasteiger partial charge in [-0.25, -0.2) is 5.84 Å². The number of likely N-dealkylation sites (N-methyl/N-ethyl adjacent to an activating group) is 1. The molecule has 0 fully saturated rings. The molecule has 0 aliphatic carbocycles. The molecular formula is C13H27N7O. The predicted molar refractivity (Wildman–Crippen MR) is 84.3 cm³/mol. The molecule has 0 aliphatic heterocycles. The van der Waals surface area contributed by atoms with Crippen LogP contribution in [0, 0.1) is 0 Å². The van der Waals surface area contributed by atoms with Crippen LogP contribution in [0.3, 0.4) is 0 Å². The van der Waals surface area contributed by atoms with Crippen LogP contribution in [0.25, 0.3) is 0 Å². The summed E-state index contributed by atoms with van der Waals surface area (Å²) in [6.07, 6.45) is -0.0148. The molecule has 1 heterocycles. The highest BCUT2D eigenvalue weighted by Crippen LogP contribution is 2.12. The Morgan fingerprint density at radius 3 is 2.24 bits per heavy atom. The van der Waals surface area contributed by atoms with Gasteiger partial charge in [0, 0.05) is 12.6 Å². The van der Waals surface area contributed by atoms with E-state index in [1.165, 1.54) is 0 Å². The van der Waals surface area contributed by atoms with E-state index < -0.39 is 0 Å². The van der Waals surface area contributed by atoms with Crippen LogP contribution in [0.15, 0.2) is 0 Å². The Balaban J connectivity index is 2.76. The van der Waals surface area contributed by atoms with Crippen molar-refractivity contribution < 1.29 is 4.74 Å². The lowest BCUT2D eigenvalue weighted by Crippen LogP contribution is -2.35. The molecule has 0 amide bonds. The molecule has 1 rings (SSSR count). The molecule has 0 aromatic carbocycles. The van der Waals surface area contributed by atoms with Crippen LogP contribution in [-0.2, 0) is 0 Å². The number of hydrogen-bond acceptors (Lipinski definition) is 8. The molecule has 21 heavy (non-hydrogen) atoms. The monoisotopic (exact) mass is 297 g/mol. The molecule has 0 radical (unpaired) electrons. The summed E-state index contributed by atoms with van der Waals surface area (Å²) in [6.45, 7) is 13.1. The van der Waals surface area contributed by atoms with Gasteiger partial charge in [-0.2, -0.15) is 15.0 Å². The van der Waals surface area contributed by atoms with Crippen LogP contribution in [0.2, 0.25) is 0 Å². The predicted octanol–water partition coefficient (Wildman–Crippen LogP) is 1.09. The van der Waals surface area contributed by atoms with Crippen molar-refractivity contribution in [3.63, 3.8) is 0 Å². The third-order valence-electron chi connectivity index (χ3n) is 2.89. The third-order valence-corrected chi connectivity index (χ3v) is 2.89. The van der Waals surface area contributed by atoms with E-state index in [0.717, 1.165) is 19.6 Å². The minimum absolute atomic E-state index is 0.0148. The van der Waals surface area contributed by atoms with Gasteiger partial charge in [0.1, 0.15) is 0 Å². The largest absolute Gasteiger partial charge is 0.461 e. The lowest BCUT2D eigenvalue weighted by molar-refractivity contribution is 0.222. The first-order valence-corrected chi connectivity index (χ1v) is 7.36.